The average molecular weight is 204 g/mol. The zero-order valence-corrected chi connectivity index (χ0v) is 7.10. The van der Waals surface area contributed by atoms with E-state index in [1.54, 1.807) is 0 Å². The molecule has 0 bridgehead atoms. The first-order valence-electron chi connectivity index (χ1n) is 3.12. The Morgan fingerprint density at radius 1 is 1.23 bits per heavy atom. The summed E-state index contributed by atoms with van der Waals surface area (Å²) >= 11 is 0. The molecule has 0 heterocycles. The van der Waals surface area contributed by atoms with Gasteiger partial charge in [-0.2, -0.15) is 0 Å². The van der Waals surface area contributed by atoms with Crippen molar-refractivity contribution < 1.29 is 28.5 Å². The molecule has 1 rings (SSSR count). The third kappa shape index (κ3) is 2.95. The Hall–Kier alpha value is -1.23. The van der Waals surface area contributed by atoms with Gasteiger partial charge in [0.1, 0.15) is 0 Å². The number of allylic oxidation sites excluding steroid dienone is 3. The van der Waals surface area contributed by atoms with Crippen molar-refractivity contribution in [1.29, 1.82) is 0 Å². The van der Waals surface area contributed by atoms with Crippen molar-refractivity contribution in [1.82, 2.24) is 0 Å². The van der Waals surface area contributed by atoms with Gasteiger partial charge in [-0.25, -0.2) is 4.57 Å². The second-order valence-electron chi connectivity index (χ2n) is 2.19. The van der Waals surface area contributed by atoms with Crippen molar-refractivity contribution in [2.75, 3.05) is 0 Å². The minimum Gasteiger partial charge on any atom is -0.400 e. The lowest BCUT2D eigenvalue weighted by Gasteiger charge is -2.09. The summed E-state index contributed by atoms with van der Waals surface area (Å²) in [4.78, 5) is 38.2. The molecule has 0 atom stereocenters. The van der Waals surface area contributed by atoms with E-state index in [9.17, 15) is 14.2 Å². The summed E-state index contributed by atoms with van der Waals surface area (Å²) in [6.07, 6.45) is 2.59. The molecule has 70 valence electrons. The molecule has 0 aromatic carbocycles. The van der Waals surface area contributed by atoms with Crippen LogP contribution in [0.25, 0.3) is 0 Å². The number of carbonyl (C=O) groups excluding carboxylic acids is 2. The normalized spacial score (nSPS) is 17.2. The monoisotopic (exact) mass is 204 g/mol. The molecular formula is C6H5O6P. The Labute approximate surface area is 72.8 Å². The third-order valence-electron chi connectivity index (χ3n) is 1.13. The van der Waals surface area contributed by atoms with Crippen LogP contribution in [0.15, 0.2) is 24.0 Å². The Balaban J connectivity index is 2.86. The van der Waals surface area contributed by atoms with Crippen molar-refractivity contribution >= 4 is 19.4 Å². The highest BCUT2D eigenvalue weighted by Gasteiger charge is 2.23. The molecule has 1 aliphatic rings. The van der Waals surface area contributed by atoms with E-state index in [4.69, 9.17) is 9.79 Å². The molecule has 0 saturated carbocycles. The molecule has 6 nitrogen and oxygen atoms in total. The number of phosphoric ester groups is 1. The predicted molar refractivity (Wildman–Crippen MR) is 40.4 cm³/mol. The number of ketones is 2. The van der Waals surface area contributed by atoms with E-state index in [0.717, 1.165) is 18.2 Å². The number of hydrogen-bond donors (Lipinski definition) is 2. The zero-order valence-electron chi connectivity index (χ0n) is 6.21. The van der Waals surface area contributed by atoms with Crippen LogP contribution in [0.3, 0.4) is 0 Å². The molecule has 0 saturated heterocycles. The van der Waals surface area contributed by atoms with E-state index >= 15 is 0 Å². The van der Waals surface area contributed by atoms with Gasteiger partial charge in [-0.1, -0.05) is 0 Å². The summed E-state index contributed by atoms with van der Waals surface area (Å²) in [6, 6.07) is 0. The zero-order chi connectivity index (χ0) is 10.1. The van der Waals surface area contributed by atoms with E-state index in [2.05, 4.69) is 4.52 Å². The Bertz CT molecular complexity index is 359. The lowest BCUT2D eigenvalue weighted by molar-refractivity contribution is -0.116. The highest BCUT2D eigenvalue weighted by Crippen LogP contribution is 2.39. The second kappa shape index (κ2) is 3.26. The minimum absolute atomic E-state index is 0.553. The highest BCUT2D eigenvalue weighted by atomic mass is 31.2. The second-order valence-corrected chi connectivity index (χ2v) is 3.35. The van der Waals surface area contributed by atoms with Gasteiger partial charge in [-0.3, -0.25) is 19.4 Å². The van der Waals surface area contributed by atoms with Gasteiger partial charge >= 0.3 is 7.82 Å². The molecule has 0 radical (unpaired) electrons. The van der Waals surface area contributed by atoms with E-state index in [0.29, 0.717) is 0 Å². The van der Waals surface area contributed by atoms with Crippen molar-refractivity contribution in [2.24, 2.45) is 0 Å². The quantitative estimate of drug-likeness (QED) is 0.472. The maximum absolute atomic E-state index is 10.8. The summed E-state index contributed by atoms with van der Waals surface area (Å²) in [5.41, 5.74) is 0. The highest BCUT2D eigenvalue weighted by molar-refractivity contribution is 7.46. The van der Waals surface area contributed by atoms with Crippen molar-refractivity contribution in [3.63, 3.8) is 0 Å². The van der Waals surface area contributed by atoms with Gasteiger partial charge in [-0.05, 0) is 12.2 Å². The summed E-state index contributed by atoms with van der Waals surface area (Å²) in [6.45, 7) is 0. The fourth-order valence-corrected chi connectivity index (χ4v) is 1.09. The average Bonchev–Trinajstić information content (AvgIpc) is 1.94. The van der Waals surface area contributed by atoms with Crippen molar-refractivity contribution in [3.05, 3.63) is 24.0 Å². The number of carbonyl (C=O) groups is 2. The smallest absolute Gasteiger partial charge is 0.400 e. The maximum atomic E-state index is 10.8. The number of hydrogen-bond acceptors (Lipinski definition) is 4. The molecule has 13 heavy (non-hydrogen) atoms. The molecular weight excluding hydrogens is 199 g/mol. The van der Waals surface area contributed by atoms with Gasteiger partial charge in [0.25, 0.3) is 0 Å². The SMILES string of the molecule is O=C1C=CC(=O)C(OP(=O)(O)O)=C1. The van der Waals surface area contributed by atoms with Gasteiger partial charge in [0.2, 0.25) is 5.78 Å². The maximum Gasteiger partial charge on any atom is 0.524 e. The van der Waals surface area contributed by atoms with Crippen LogP contribution in [-0.2, 0) is 18.7 Å². The van der Waals surface area contributed by atoms with E-state index < -0.39 is 25.1 Å². The Morgan fingerprint density at radius 3 is 2.38 bits per heavy atom. The van der Waals surface area contributed by atoms with Gasteiger partial charge in [0, 0.05) is 6.08 Å². The largest absolute Gasteiger partial charge is 0.524 e. The first kappa shape index (κ1) is 9.85. The molecule has 1 aliphatic carbocycles. The molecule has 0 unspecified atom stereocenters. The lowest BCUT2D eigenvalue weighted by Crippen LogP contribution is -2.09. The first-order valence-corrected chi connectivity index (χ1v) is 4.65. The van der Waals surface area contributed by atoms with Gasteiger partial charge in [0.05, 0.1) is 0 Å². The summed E-state index contributed by atoms with van der Waals surface area (Å²) in [5.74, 6) is -1.94. The molecule has 0 aromatic rings. The molecule has 0 aliphatic heterocycles. The van der Waals surface area contributed by atoms with E-state index in [1.165, 1.54) is 0 Å². The van der Waals surface area contributed by atoms with E-state index in [1.807, 2.05) is 0 Å². The van der Waals surface area contributed by atoms with Crippen LogP contribution < -0.4 is 0 Å². The summed E-state index contributed by atoms with van der Waals surface area (Å²) in [5, 5.41) is 0. The van der Waals surface area contributed by atoms with Crippen molar-refractivity contribution in [3.8, 4) is 0 Å². The predicted octanol–water partition coefficient (Wildman–Crippen LogP) is -0.312. The fourth-order valence-electron chi connectivity index (χ4n) is 0.688. The first-order chi connectivity index (χ1) is 5.88. The molecule has 0 fully saturated rings. The van der Waals surface area contributed by atoms with Crippen molar-refractivity contribution in [2.45, 2.75) is 0 Å². The Morgan fingerprint density at radius 2 is 1.85 bits per heavy atom. The van der Waals surface area contributed by atoms with Crippen LogP contribution in [0.1, 0.15) is 0 Å². The summed E-state index contributed by atoms with van der Waals surface area (Å²) in [7, 11) is -4.77. The van der Waals surface area contributed by atoms with E-state index in [-0.39, 0.29) is 0 Å². The minimum atomic E-state index is -4.77. The van der Waals surface area contributed by atoms with Gasteiger partial charge < -0.3 is 4.52 Å². The standard InChI is InChI=1S/C6H5O6P/c7-4-1-2-5(8)6(3-4)12-13(9,10)11/h1-3H,(H2,9,10,11). The van der Waals surface area contributed by atoms with Crippen LogP contribution in [0.5, 0.6) is 0 Å². The van der Waals surface area contributed by atoms with Gasteiger partial charge in [-0.15, -0.1) is 0 Å². The third-order valence-corrected chi connectivity index (χ3v) is 1.57. The molecule has 0 spiro atoms. The van der Waals surface area contributed by atoms with Gasteiger partial charge in [0.15, 0.2) is 11.5 Å². The fraction of sp³-hybridized carbons (Fsp3) is 0. The molecule has 7 heteroatoms. The van der Waals surface area contributed by atoms with Crippen LogP contribution in [0.4, 0.5) is 0 Å². The van der Waals surface area contributed by atoms with Crippen LogP contribution in [-0.4, -0.2) is 21.4 Å². The lowest BCUT2D eigenvalue weighted by atomic mass is 10.1. The number of phosphoric acid groups is 1. The molecule has 2 N–H and O–H groups in total. The van der Waals surface area contributed by atoms with Crippen LogP contribution in [0.2, 0.25) is 0 Å². The molecule has 0 amide bonds. The number of rotatable bonds is 2. The topological polar surface area (TPSA) is 101 Å². The van der Waals surface area contributed by atoms with Crippen LogP contribution >= 0.6 is 7.82 Å². The molecule has 0 aromatic heterocycles. The van der Waals surface area contributed by atoms with Crippen LogP contribution in [0, 0.1) is 0 Å². The summed E-state index contributed by atoms with van der Waals surface area (Å²) < 4.78 is 14.3. The Kier molecular flexibility index (Phi) is 2.47.